The zero-order chi connectivity index (χ0) is 19.3. The number of anilines is 1. The third-order valence-electron chi connectivity index (χ3n) is 4.42. The van der Waals surface area contributed by atoms with Gasteiger partial charge in [0.05, 0.1) is 6.54 Å². The first-order valence-corrected chi connectivity index (χ1v) is 8.67. The fourth-order valence-corrected chi connectivity index (χ4v) is 2.91. The summed E-state index contributed by atoms with van der Waals surface area (Å²) in [5, 5.41) is 9.49. The third-order valence-corrected chi connectivity index (χ3v) is 4.42. The highest BCUT2D eigenvalue weighted by Crippen LogP contribution is 2.27. The van der Waals surface area contributed by atoms with Crippen molar-refractivity contribution < 1.29 is 23.1 Å². The number of β-amino-alcohol motifs (C(OH)–C–C–N with tert-alkyl or cyclic N) is 1. The molecule has 0 aliphatic carbocycles. The number of benzene rings is 1. The van der Waals surface area contributed by atoms with Crippen molar-refractivity contribution >= 4 is 11.6 Å². The molecule has 0 bridgehead atoms. The van der Waals surface area contributed by atoms with Gasteiger partial charge in [0.15, 0.2) is 6.10 Å². The molecule has 1 amide bonds. The zero-order valence-electron chi connectivity index (χ0n) is 15.1. The number of halogens is 3. The number of carbonyl (C=O) groups is 1. The Balaban J connectivity index is 2.25. The second kappa shape index (κ2) is 8.58. The predicted octanol–water partition coefficient (Wildman–Crippen LogP) is 3.16. The van der Waals surface area contributed by atoms with E-state index >= 15 is 0 Å². The molecule has 2 rings (SSSR count). The number of carbonyl (C=O) groups excluding carboxylic acids is 1. The van der Waals surface area contributed by atoms with E-state index in [1.807, 2.05) is 32.1 Å². The van der Waals surface area contributed by atoms with Crippen LogP contribution in [0.5, 0.6) is 0 Å². The number of allylic oxidation sites excluding steroid dienone is 1. The van der Waals surface area contributed by atoms with Gasteiger partial charge in [-0.1, -0.05) is 29.8 Å². The first kappa shape index (κ1) is 20.3. The van der Waals surface area contributed by atoms with E-state index in [1.54, 1.807) is 17.0 Å². The smallest absolute Gasteiger partial charge is 0.382 e. The molecule has 0 saturated heterocycles. The van der Waals surface area contributed by atoms with Crippen LogP contribution in [0.3, 0.4) is 0 Å². The van der Waals surface area contributed by atoms with E-state index < -0.39 is 18.8 Å². The van der Waals surface area contributed by atoms with Crippen molar-refractivity contribution in [3.8, 4) is 0 Å². The second-order valence-electron chi connectivity index (χ2n) is 6.75. The van der Waals surface area contributed by atoms with Crippen LogP contribution in [0, 0.1) is 0 Å². The molecular formula is C19H25F3N2O2. The number of fused-ring (bicyclic) bond motifs is 1. The van der Waals surface area contributed by atoms with Crippen LogP contribution >= 0.6 is 0 Å². The van der Waals surface area contributed by atoms with Crippen molar-refractivity contribution in [2.24, 2.45) is 0 Å². The molecule has 0 fully saturated rings. The Hall–Kier alpha value is -2.02. The second-order valence-corrected chi connectivity index (χ2v) is 6.75. The highest BCUT2D eigenvalue weighted by Gasteiger charge is 2.39. The molecular weight excluding hydrogens is 345 g/mol. The molecule has 1 aromatic rings. The van der Waals surface area contributed by atoms with Crippen LogP contribution < -0.4 is 4.90 Å². The van der Waals surface area contributed by atoms with Crippen LogP contribution in [0.2, 0.25) is 0 Å². The maximum Gasteiger partial charge on any atom is 0.416 e. The summed E-state index contributed by atoms with van der Waals surface area (Å²) in [7, 11) is 0. The Morgan fingerprint density at radius 1 is 1.19 bits per heavy atom. The first-order valence-electron chi connectivity index (χ1n) is 8.67. The number of aliphatic hydroxyl groups is 1. The normalized spacial score (nSPS) is 17.1. The van der Waals surface area contributed by atoms with Crippen LogP contribution in [-0.4, -0.2) is 54.4 Å². The minimum Gasteiger partial charge on any atom is -0.382 e. The van der Waals surface area contributed by atoms with Crippen molar-refractivity contribution in [2.75, 3.05) is 31.1 Å². The molecule has 0 saturated carbocycles. The lowest BCUT2D eigenvalue weighted by molar-refractivity contribution is -0.200. The number of aliphatic hydroxyl groups excluding tert-OH is 1. The molecule has 1 atom stereocenters. The summed E-state index contributed by atoms with van der Waals surface area (Å²) in [6, 6.07) is 7.19. The molecule has 1 aromatic carbocycles. The van der Waals surface area contributed by atoms with Crippen molar-refractivity contribution in [3.05, 3.63) is 41.5 Å². The summed E-state index contributed by atoms with van der Waals surface area (Å²) in [5.41, 5.74) is 2.62. The molecule has 0 aromatic heterocycles. The van der Waals surface area contributed by atoms with Crippen LogP contribution in [0.1, 0.15) is 25.8 Å². The highest BCUT2D eigenvalue weighted by molar-refractivity contribution is 5.77. The molecule has 1 unspecified atom stereocenters. The molecule has 7 heteroatoms. The van der Waals surface area contributed by atoms with Gasteiger partial charge < -0.3 is 14.9 Å². The number of alkyl halides is 3. The SMILES string of the molecule is CC(C)=CCN1CCc2ccccc2N(CC(O)C(F)(F)F)CCC1=O. The van der Waals surface area contributed by atoms with Crippen molar-refractivity contribution in [2.45, 2.75) is 39.0 Å². The fraction of sp³-hybridized carbons (Fsp3) is 0.526. The van der Waals surface area contributed by atoms with Gasteiger partial charge in [-0.3, -0.25) is 4.79 Å². The van der Waals surface area contributed by atoms with Crippen LogP contribution in [0.4, 0.5) is 18.9 Å². The van der Waals surface area contributed by atoms with Gasteiger partial charge in [-0.2, -0.15) is 13.2 Å². The number of amides is 1. The Morgan fingerprint density at radius 2 is 1.85 bits per heavy atom. The number of rotatable bonds is 4. The van der Waals surface area contributed by atoms with E-state index in [-0.39, 0.29) is 18.9 Å². The molecule has 1 aliphatic heterocycles. The Labute approximate surface area is 151 Å². The summed E-state index contributed by atoms with van der Waals surface area (Å²) in [5.74, 6) is -0.0956. The largest absolute Gasteiger partial charge is 0.416 e. The van der Waals surface area contributed by atoms with Gasteiger partial charge >= 0.3 is 6.18 Å². The molecule has 144 valence electrons. The molecule has 1 N–H and O–H groups in total. The van der Waals surface area contributed by atoms with Crippen molar-refractivity contribution in [3.63, 3.8) is 0 Å². The first-order chi connectivity index (χ1) is 12.2. The Morgan fingerprint density at radius 3 is 2.50 bits per heavy atom. The van der Waals surface area contributed by atoms with E-state index in [0.29, 0.717) is 25.2 Å². The lowest BCUT2D eigenvalue weighted by Crippen LogP contribution is -2.42. The average Bonchev–Trinajstić information content (AvgIpc) is 2.62. The van der Waals surface area contributed by atoms with Crippen LogP contribution in [-0.2, 0) is 11.2 Å². The van der Waals surface area contributed by atoms with Crippen LogP contribution in [0.25, 0.3) is 0 Å². The number of hydrogen-bond donors (Lipinski definition) is 1. The summed E-state index contributed by atoms with van der Waals surface area (Å²) in [4.78, 5) is 15.7. The lowest BCUT2D eigenvalue weighted by atomic mass is 10.1. The van der Waals surface area contributed by atoms with Gasteiger partial charge in [0.2, 0.25) is 5.91 Å². The van der Waals surface area contributed by atoms with E-state index in [4.69, 9.17) is 0 Å². The molecule has 4 nitrogen and oxygen atoms in total. The predicted molar refractivity (Wildman–Crippen MR) is 95.0 cm³/mol. The lowest BCUT2D eigenvalue weighted by Gasteiger charge is -2.29. The summed E-state index contributed by atoms with van der Waals surface area (Å²) in [6.45, 7) is 4.46. The van der Waals surface area contributed by atoms with Gasteiger partial charge in [-0.25, -0.2) is 0 Å². The standard InChI is InChI=1S/C19H25F3N2O2/c1-14(2)7-10-23-11-8-15-5-3-4-6-16(15)24(12-9-18(23)26)13-17(25)19(20,21)22/h3-7,17,25H,8-13H2,1-2H3. The Bertz CT molecular complexity index is 654. The zero-order valence-corrected chi connectivity index (χ0v) is 15.1. The van der Waals surface area contributed by atoms with Crippen molar-refractivity contribution in [1.29, 1.82) is 0 Å². The fourth-order valence-electron chi connectivity index (χ4n) is 2.91. The minimum absolute atomic E-state index is 0.0956. The van der Waals surface area contributed by atoms with Gasteiger partial charge in [-0.15, -0.1) is 0 Å². The maximum absolute atomic E-state index is 12.8. The van der Waals surface area contributed by atoms with Gasteiger partial charge in [0, 0.05) is 31.7 Å². The van der Waals surface area contributed by atoms with E-state index in [2.05, 4.69) is 0 Å². The monoisotopic (exact) mass is 370 g/mol. The van der Waals surface area contributed by atoms with E-state index in [1.165, 1.54) is 4.90 Å². The average molecular weight is 370 g/mol. The minimum atomic E-state index is -4.69. The van der Waals surface area contributed by atoms with Gasteiger partial charge in [-0.05, 0) is 31.9 Å². The molecule has 1 heterocycles. The summed E-state index contributed by atoms with van der Waals surface area (Å²) >= 11 is 0. The van der Waals surface area contributed by atoms with Crippen LogP contribution in [0.15, 0.2) is 35.9 Å². The number of hydrogen-bond acceptors (Lipinski definition) is 3. The summed E-state index contributed by atoms with van der Waals surface area (Å²) < 4.78 is 38.4. The van der Waals surface area contributed by atoms with Gasteiger partial charge in [0.1, 0.15) is 0 Å². The maximum atomic E-state index is 12.8. The van der Waals surface area contributed by atoms with E-state index in [9.17, 15) is 23.1 Å². The number of para-hydroxylation sites is 1. The number of nitrogens with zero attached hydrogens (tertiary/aromatic N) is 2. The summed E-state index contributed by atoms with van der Waals surface area (Å²) in [6.07, 6.45) is -4.51. The van der Waals surface area contributed by atoms with E-state index in [0.717, 1.165) is 11.1 Å². The molecule has 26 heavy (non-hydrogen) atoms. The van der Waals surface area contributed by atoms with Crippen molar-refractivity contribution in [1.82, 2.24) is 4.90 Å². The topological polar surface area (TPSA) is 43.8 Å². The highest BCUT2D eigenvalue weighted by atomic mass is 19.4. The molecule has 0 spiro atoms. The quantitative estimate of drug-likeness (QED) is 0.828. The molecule has 1 aliphatic rings. The Kier molecular flexibility index (Phi) is 6.69. The third kappa shape index (κ3) is 5.49. The van der Waals surface area contributed by atoms with Gasteiger partial charge in [0.25, 0.3) is 0 Å². The molecule has 0 radical (unpaired) electrons.